The highest BCUT2D eigenvalue weighted by molar-refractivity contribution is 5.95. The lowest BCUT2D eigenvalue weighted by atomic mass is 9.92. The molecule has 25 heavy (non-hydrogen) atoms. The Labute approximate surface area is 148 Å². The summed E-state index contributed by atoms with van der Waals surface area (Å²) in [5.41, 5.74) is 0.526. The van der Waals surface area contributed by atoms with Crippen molar-refractivity contribution in [1.29, 1.82) is 5.26 Å². The maximum Gasteiger partial charge on any atom is 0.252 e. The van der Waals surface area contributed by atoms with Crippen molar-refractivity contribution < 1.29 is 9.53 Å². The van der Waals surface area contributed by atoms with E-state index in [1.807, 2.05) is 26.0 Å². The average Bonchev–Trinajstić information content (AvgIpc) is 2.60. The van der Waals surface area contributed by atoms with Crippen LogP contribution in [-0.2, 0) is 6.61 Å². The number of ether oxygens (including phenoxy) is 1. The third-order valence-corrected chi connectivity index (χ3v) is 3.68. The van der Waals surface area contributed by atoms with Crippen molar-refractivity contribution in [2.24, 2.45) is 5.92 Å². The molecule has 1 aromatic heterocycles. The molecule has 0 radical (unpaired) electrons. The maximum atomic E-state index is 12.5. The Morgan fingerprint density at radius 2 is 2.16 bits per heavy atom. The Balaban J connectivity index is 2.04. The number of hydrogen-bond acceptors (Lipinski definition) is 4. The van der Waals surface area contributed by atoms with Gasteiger partial charge in [0.1, 0.15) is 17.9 Å². The van der Waals surface area contributed by atoms with E-state index >= 15 is 0 Å². The van der Waals surface area contributed by atoms with Crippen LogP contribution in [0.25, 0.3) is 0 Å². The number of hydrogen-bond donors (Lipinski definition) is 1. The van der Waals surface area contributed by atoms with E-state index in [2.05, 4.69) is 16.4 Å². The summed E-state index contributed by atoms with van der Waals surface area (Å²) in [5, 5.41) is 12.2. The van der Waals surface area contributed by atoms with Gasteiger partial charge in [0.05, 0.1) is 6.07 Å². The summed E-state index contributed by atoms with van der Waals surface area (Å²) in [6.45, 7) is 6.17. The van der Waals surface area contributed by atoms with Crippen molar-refractivity contribution in [3.8, 4) is 11.8 Å². The molecule has 0 aliphatic rings. The SMILES string of the molecule is CC(C)C[C@](C)(C#N)NC(=O)c1cccc(OCc2cccnc2)c1. The van der Waals surface area contributed by atoms with Gasteiger partial charge in [-0.3, -0.25) is 9.78 Å². The lowest BCUT2D eigenvalue weighted by Gasteiger charge is -2.25. The van der Waals surface area contributed by atoms with Crippen LogP contribution in [0.4, 0.5) is 0 Å². The van der Waals surface area contributed by atoms with Crippen LogP contribution in [0.2, 0.25) is 0 Å². The first-order valence-electron chi connectivity index (χ1n) is 8.27. The molecule has 0 fully saturated rings. The lowest BCUT2D eigenvalue weighted by Crippen LogP contribution is -2.45. The van der Waals surface area contributed by atoms with E-state index in [-0.39, 0.29) is 5.91 Å². The Kier molecular flexibility index (Phi) is 6.13. The number of nitrogens with zero attached hydrogens (tertiary/aromatic N) is 2. The zero-order valence-corrected chi connectivity index (χ0v) is 14.8. The highest BCUT2D eigenvalue weighted by Crippen LogP contribution is 2.19. The monoisotopic (exact) mass is 337 g/mol. The highest BCUT2D eigenvalue weighted by Gasteiger charge is 2.27. The minimum Gasteiger partial charge on any atom is -0.489 e. The number of amides is 1. The van der Waals surface area contributed by atoms with Crippen molar-refractivity contribution in [2.75, 3.05) is 0 Å². The molecule has 0 bridgehead atoms. The Bertz CT molecular complexity index is 753. The van der Waals surface area contributed by atoms with Crippen molar-refractivity contribution in [3.05, 3.63) is 59.9 Å². The summed E-state index contributed by atoms with van der Waals surface area (Å²) in [5.74, 6) is 0.620. The fourth-order valence-corrected chi connectivity index (χ4v) is 2.64. The molecule has 2 rings (SSSR count). The summed E-state index contributed by atoms with van der Waals surface area (Å²) >= 11 is 0. The third-order valence-electron chi connectivity index (χ3n) is 3.68. The van der Waals surface area contributed by atoms with Gasteiger partial charge in [0.2, 0.25) is 0 Å². The van der Waals surface area contributed by atoms with Gasteiger partial charge >= 0.3 is 0 Å². The standard InChI is InChI=1S/C20H23N3O2/c1-15(2)11-20(3,14-21)23-19(24)17-7-4-8-18(10-17)25-13-16-6-5-9-22-12-16/h4-10,12,15H,11,13H2,1-3H3,(H,23,24)/t20-/m1/s1. The molecular formula is C20H23N3O2. The van der Waals surface area contributed by atoms with Crippen molar-refractivity contribution in [3.63, 3.8) is 0 Å². The first-order valence-corrected chi connectivity index (χ1v) is 8.27. The number of benzene rings is 1. The van der Waals surface area contributed by atoms with Crippen LogP contribution in [0.15, 0.2) is 48.8 Å². The molecular weight excluding hydrogens is 314 g/mol. The van der Waals surface area contributed by atoms with Crippen LogP contribution in [0.3, 0.4) is 0 Å². The second kappa shape index (κ2) is 8.29. The summed E-state index contributed by atoms with van der Waals surface area (Å²) in [6.07, 6.45) is 4.03. The number of aromatic nitrogens is 1. The fourth-order valence-electron chi connectivity index (χ4n) is 2.64. The normalized spacial score (nSPS) is 12.9. The fraction of sp³-hybridized carbons (Fsp3) is 0.350. The van der Waals surface area contributed by atoms with Gasteiger partial charge in [0.25, 0.3) is 5.91 Å². The van der Waals surface area contributed by atoms with Crippen LogP contribution in [0.5, 0.6) is 5.75 Å². The smallest absolute Gasteiger partial charge is 0.252 e. The third kappa shape index (κ3) is 5.61. The van der Waals surface area contributed by atoms with E-state index < -0.39 is 5.54 Å². The largest absolute Gasteiger partial charge is 0.489 e. The van der Waals surface area contributed by atoms with E-state index in [1.54, 1.807) is 43.6 Å². The summed E-state index contributed by atoms with van der Waals surface area (Å²) < 4.78 is 5.72. The molecule has 0 aliphatic carbocycles. The van der Waals surface area contributed by atoms with Gasteiger partial charge in [0.15, 0.2) is 0 Å². The number of carbonyl (C=O) groups excluding carboxylic acids is 1. The van der Waals surface area contributed by atoms with E-state index in [1.165, 1.54) is 0 Å². The van der Waals surface area contributed by atoms with Gasteiger partial charge in [0, 0.05) is 23.5 Å². The van der Waals surface area contributed by atoms with Gasteiger partial charge < -0.3 is 10.1 Å². The van der Waals surface area contributed by atoms with Gasteiger partial charge in [-0.15, -0.1) is 0 Å². The van der Waals surface area contributed by atoms with Crippen molar-refractivity contribution in [2.45, 2.75) is 39.3 Å². The van der Waals surface area contributed by atoms with Crippen LogP contribution < -0.4 is 10.1 Å². The van der Waals surface area contributed by atoms with E-state index in [9.17, 15) is 10.1 Å². The predicted octanol–water partition coefficient (Wildman–Crippen LogP) is 3.72. The zero-order valence-electron chi connectivity index (χ0n) is 14.8. The minimum absolute atomic E-state index is 0.281. The average molecular weight is 337 g/mol. The Morgan fingerprint density at radius 3 is 2.80 bits per heavy atom. The molecule has 0 unspecified atom stereocenters. The molecule has 1 atom stereocenters. The number of pyridine rings is 1. The predicted molar refractivity (Wildman–Crippen MR) is 96.0 cm³/mol. The molecule has 1 heterocycles. The second-order valence-electron chi connectivity index (χ2n) is 6.67. The zero-order chi connectivity index (χ0) is 18.3. The van der Waals surface area contributed by atoms with E-state index in [0.717, 1.165) is 5.56 Å². The maximum absolute atomic E-state index is 12.5. The topological polar surface area (TPSA) is 75.0 Å². The molecule has 5 heteroatoms. The number of nitriles is 1. The molecule has 1 aromatic carbocycles. The second-order valence-corrected chi connectivity index (χ2v) is 6.67. The molecule has 2 aromatic rings. The quantitative estimate of drug-likeness (QED) is 0.835. The lowest BCUT2D eigenvalue weighted by molar-refractivity contribution is 0.0917. The first-order chi connectivity index (χ1) is 11.9. The molecule has 1 amide bonds. The Morgan fingerprint density at radius 1 is 1.36 bits per heavy atom. The summed E-state index contributed by atoms with van der Waals surface area (Å²) in [6, 6.07) is 12.9. The molecule has 1 N–H and O–H groups in total. The van der Waals surface area contributed by atoms with Crippen LogP contribution >= 0.6 is 0 Å². The van der Waals surface area contributed by atoms with Crippen LogP contribution in [-0.4, -0.2) is 16.4 Å². The van der Waals surface area contributed by atoms with E-state index in [0.29, 0.717) is 30.3 Å². The van der Waals surface area contributed by atoms with E-state index in [4.69, 9.17) is 4.74 Å². The number of rotatable bonds is 7. The van der Waals surface area contributed by atoms with Gasteiger partial charge in [-0.2, -0.15) is 5.26 Å². The number of nitrogens with one attached hydrogen (secondary N) is 1. The van der Waals surface area contributed by atoms with Gasteiger partial charge in [-0.1, -0.05) is 26.0 Å². The van der Waals surface area contributed by atoms with Gasteiger partial charge in [-0.25, -0.2) is 0 Å². The molecule has 0 saturated heterocycles. The number of carbonyl (C=O) groups is 1. The summed E-state index contributed by atoms with van der Waals surface area (Å²) in [4.78, 5) is 16.5. The molecule has 0 saturated carbocycles. The highest BCUT2D eigenvalue weighted by atomic mass is 16.5. The molecule has 0 spiro atoms. The van der Waals surface area contributed by atoms with Gasteiger partial charge in [-0.05, 0) is 43.5 Å². The van der Waals surface area contributed by atoms with Crippen LogP contribution in [0, 0.1) is 17.2 Å². The molecule has 130 valence electrons. The van der Waals surface area contributed by atoms with Crippen molar-refractivity contribution in [1.82, 2.24) is 10.3 Å². The van der Waals surface area contributed by atoms with Crippen molar-refractivity contribution >= 4 is 5.91 Å². The molecule has 5 nitrogen and oxygen atoms in total. The first kappa shape index (κ1) is 18.5. The Hall–Kier alpha value is -2.87. The molecule has 0 aliphatic heterocycles. The van der Waals surface area contributed by atoms with Crippen LogP contribution in [0.1, 0.15) is 43.1 Å². The summed E-state index contributed by atoms with van der Waals surface area (Å²) in [7, 11) is 0. The minimum atomic E-state index is -0.891.